The molecule has 0 aliphatic heterocycles. The van der Waals surface area contributed by atoms with Crippen molar-refractivity contribution in [2.24, 2.45) is 4.99 Å². The van der Waals surface area contributed by atoms with Crippen LogP contribution in [0.1, 0.15) is 33.3 Å². The monoisotopic (exact) mass is 526 g/mol. The lowest BCUT2D eigenvalue weighted by molar-refractivity contribution is 0.0529. The van der Waals surface area contributed by atoms with Crippen LogP contribution in [0.25, 0.3) is 0 Å². The number of rotatable bonds is 6. The second kappa shape index (κ2) is 12.3. The minimum absolute atomic E-state index is 0. The van der Waals surface area contributed by atoms with Crippen molar-refractivity contribution in [3.8, 4) is 0 Å². The van der Waals surface area contributed by atoms with Crippen LogP contribution < -0.4 is 16.0 Å². The Kier molecular flexibility index (Phi) is 11.8. The van der Waals surface area contributed by atoms with Crippen LogP contribution in [-0.2, 0) is 11.3 Å². The molecule has 0 saturated carbocycles. The third-order valence-corrected chi connectivity index (χ3v) is 3.29. The molecule has 6 nitrogen and oxygen atoms in total. The molecule has 0 saturated heterocycles. The molecular weight excluding hydrogens is 499 g/mol. The zero-order valence-corrected chi connectivity index (χ0v) is 19.1. The molecule has 8 heteroatoms. The fourth-order valence-electron chi connectivity index (χ4n) is 1.76. The first-order valence-corrected chi connectivity index (χ1v) is 8.83. The number of carbonyl (C=O) groups excluding carboxylic acids is 1. The van der Waals surface area contributed by atoms with Gasteiger partial charge in [-0.25, -0.2) is 9.79 Å². The summed E-state index contributed by atoms with van der Waals surface area (Å²) in [5.74, 6) is 0.714. The third kappa shape index (κ3) is 12.0. The average Bonchev–Trinajstić information content (AvgIpc) is 2.49. The predicted molar refractivity (Wildman–Crippen MR) is 117 cm³/mol. The summed E-state index contributed by atoms with van der Waals surface area (Å²) in [5.41, 5.74) is 0.640. The zero-order valence-electron chi connectivity index (χ0n) is 15.2. The van der Waals surface area contributed by atoms with Gasteiger partial charge in [-0.1, -0.05) is 28.1 Å². The Morgan fingerprint density at radius 3 is 2.28 bits per heavy atom. The number of benzene rings is 1. The normalized spacial score (nSPS) is 11.3. The third-order valence-electron chi connectivity index (χ3n) is 2.76. The molecule has 3 N–H and O–H groups in total. The lowest BCUT2D eigenvalue weighted by atomic mass is 10.2. The van der Waals surface area contributed by atoms with E-state index in [1.165, 1.54) is 0 Å². The molecule has 0 fully saturated rings. The zero-order chi connectivity index (χ0) is 18.0. The van der Waals surface area contributed by atoms with Crippen LogP contribution in [0.4, 0.5) is 4.79 Å². The molecule has 0 aliphatic carbocycles. The largest absolute Gasteiger partial charge is 0.444 e. The molecule has 0 spiro atoms. The molecule has 0 radical (unpaired) electrons. The summed E-state index contributed by atoms with van der Waals surface area (Å²) in [4.78, 5) is 16.1. The van der Waals surface area contributed by atoms with E-state index in [0.29, 0.717) is 25.6 Å². The van der Waals surface area contributed by atoms with Gasteiger partial charge in [-0.05, 0) is 45.4 Å². The predicted octanol–water partition coefficient (Wildman–Crippen LogP) is 3.65. The summed E-state index contributed by atoms with van der Waals surface area (Å²) < 4.78 is 6.23. The van der Waals surface area contributed by atoms with Crippen molar-refractivity contribution in [3.63, 3.8) is 0 Å². The van der Waals surface area contributed by atoms with E-state index in [4.69, 9.17) is 4.74 Å². The SMILES string of the molecule is CCNC(=NCc1ccc(Br)cc1)NCCNC(=O)OC(C)(C)C.I. The van der Waals surface area contributed by atoms with E-state index in [1.807, 2.05) is 52.0 Å². The van der Waals surface area contributed by atoms with E-state index in [9.17, 15) is 4.79 Å². The summed E-state index contributed by atoms with van der Waals surface area (Å²) in [7, 11) is 0. The van der Waals surface area contributed by atoms with E-state index in [0.717, 1.165) is 16.6 Å². The highest BCUT2D eigenvalue weighted by molar-refractivity contribution is 14.0. The number of amides is 1. The Bertz CT molecular complexity index is 545. The van der Waals surface area contributed by atoms with Gasteiger partial charge in [-0.3, -0.25) is 0 Å². The van der Waals surface area contributed by atoms with Crippen LogP contribution in [-0.4, -0.2) is 37.3 Å². The van der Waals surface area contributed by atoms with Gasteiger partial charge < -0.3 is 20.7 Å². The Balaban J connectivity index is 0.00000576. The number of guanidine groups is 1. The van der Waals surface area contributed by atoms with Gasteiger partial charge in [-0.2, -0.15) is 0 Å². The first-order chi connectivity index (χ1) is 11.3. The second-order valence-electron chi connectivity index (χ2n) is 6.18. The van der Waals surface area contributed by atoms with Gasteiger partial charge in [0, 0.05) is 24.1 Å². The lowest BCUT2D eigenvalue weighted by Gasteiger charge is -2.19. The molecule has 0 heterocycles. The summed E-state index contributed by atoms with van der Waals surface area (Å²) in [6.45, 7) is 9.89. The van der Waals surface area contributed by atoms with Crippen molar-refractivity contribution < 1.29 is 9.53 Å². The number of alkyl carbamates (subject to hydrolysis) is 1. The van der Waals surface area contributed by atoms with Gasteiger partial charge in [0.2, 0.25) is 0 Å². The Morgan fingerprint density at radius 1 is 1.12 bits per heavy atom. The van der Waals surface area contributed by atoms with Gasteiger partial charge >= 0.3 is 6.09 Å². The van der Waals surface area contributed by atoms with Crippen molar-refractivity contribution in [3.05, 3.63) is 34.3 Å². The first kappa shape index (κ1) is 24.0. The van der Waals surface area contributed by atoms with Gasteiger partial charge in [0.1, 0.15) is 5.60 Å². The fraction of sp³-hybridized carbons (Fsp3) is 0.529. The van der Waals surface area contributed by atoms with Crippen molar-refractivity contribution in [2.75, 3.05) is 19.6 Å². The van der Waals surface area contributed by atoms with Crippen molar-refractivity contribution >= 4 is 52.0 Å². The number of aliphatic imine (C=N–C) groups is 1. The Morgan fingerprint density at radius 2 is 1.72 bits per heavy atom. The highest BCUT2D eigenvalue weighted by Gasteiger charge is 2.15. The van der Waals surface area contributed by atoms with Crippen molar-refractivity contribution in [1.29, 1.82) is 0 Å². The van der Waals surface area contributed by atoms with Gasteiger partial charge in [0.25, 0.3) is 0 Å². The highest BCUT2D eigenvalue weighted by Crippen LogP contribution is 2.11. The molecule has 1 amide bonds. The number of nitrogens with one attached hydrogen (secondary N) is 3. The lowest BCUT2D eigenvalue weighted by Crippen LogP contribution is -2.42. The minimum atomic E-state index is -0.488. The number of hydrogen-bond donors (Lipinski definition) is 3. The fourth-order valence-corrected chi connectivity index (χ4v) is 2.03. The summed E-state index contributed by atoms with van der Waals surface area (Å²) >= 11 is 3.42. The van der Waals surface area contributed by atoms with Crippen LogP contribution in [0.15, 0.2) is 33.7 Å². The van der Waals surface area contributed by atoms with Crippen LogP contribution in [0.3, 0.4) is 0 Å². The molecule has 0 aliphatic rings. The second-order valence-corrected chi connectivity index (χ2v) is 7.09. The first-order valence-electron chi connectivity index (χ1n) is 8.03. The Labute approximate surface area is 175 Å². The van der Waals surface area contributed by atoms with Crippen LogP contribution in [0, 0.1) is 0 Å². The highest BCUT2D eigenvalue weighted by atomic mass is 127. The standard InChI is InChI=1S/C17H27BrN4O2.HI/c1-5-19-15(22-12-13-6-8-14(18)9-7-13)20-10-11-21-16(23)24-17(2,3)4;/h6-9H,5,10-12H2,1-4H3,(H,21,23)(H2,19,20,22);1H. The smallest absolute Gasteiger partial charge is 0.407 e. The van der Waals surface area contributed by atoms with E-state index in [2.05, 4.69) is 36.9 Å². The van der Waals surface area contributed by atoms with Crippen LogP contribution in [0.2, 0.25) is 0 Å². The molecule has 142 valence electrons. The summed E-state index contributed by atoms with van der Waals surface area (Å²) in [6.07, 6.45) is -0.416. The topological polar surface area (TPSA) is 74.8 Å². The average molecular weight is 527 g/mol. The molecule has 1 aromatic rings. The summed E-state index contributed by atoms with van der Waals surface area (Å²) in [5, 5.41) is 9.06. The van der Waals surface area contributed by atoms with Gasteiger partial charge in [-0.15, -0.1) is 24.0 Å². The van der Waals surface area contributed by atoms with Crippen LogP contribution in [0.5, 0.6) is 0 Å². The molecule has 25 heavy (non-hydrogen) atoms. The molecule has 0 atom stereocenters. The number of ether oxygens (including phenoxy) is 1. The number of halogens is 2. The minimum Gasteiger partial charge on any atom is -0.444 e. The van der Waals surface area contributed by atoms with Crippen molar-refractivity contribution in [1.82, 2.24) is 16.0 Å². The van der Waals surface area contributed by atoms with Crippen LogP contribution >= 0.6 is 39.9 Å². The van der Waals surface area contributed by atoms with E-state index < -0.39 is 11.7 Å². The quantitative estimate of drug-likeness (QED) is 0.229. The maximum Gasteiger partial charge on any atom is 0.407 e. The number of carbonyl (C=O) groups is 1. The summed E-state index contributed by atoms with van der Waals surface area (Å²) in [6, 6.07) is 8.05. The maximum absolute atomic E-state index is 11.6. The van der Waals surface area contributed by atoms with E-state index in [-0.39, 0.29) is 24.0 Å². The molecule has 1 rings (SSSR count). The molecule has 0 bridgehead atoms. The van der Waals surface area contributed by atoms with E-state index >= 15 is 0 Å². The number of hydrogen-bond acceptors (Lipinski definition) is 3. The molecule has 0 unspecified atom stereocenters. The molecule has 1 aromatic carbocycles. The Hall–Kier alpha value is -1.03. The molecular formula is C17H28BrIN4O2. The van der Waals surface area contributed by atoms with Gasteiger partial charge in [0.15, 0.2) is 5.96 Å². The van der Waals surface area contributed by atoms with E-state index in [1.54, 1.807) is 0 Å². The van der Waals surface area contributed by atoms with Gasteiger partial charge in [0.05, 0.1) is 6.54 Å². The maximum atomic E-state index is 11.6. The van der Waals surface area contributed by atoms with Crippen molar-refractivity contribution in [2.45, 2.75) is 39.8 Å². The molecule has 0 aromatic heterocycles. The number of nitrogens with zero attached hydrogens (tertiary/aromatic N) is 1.